The standard InChI is InChI=1S/C34H31N3O5S/c1-4-9-28-30(33(39)41-5-2)31(23-12-8-13-27(19-23)40-3)37-32(38)29(43-34(37)36-28)18-22-14-16-26(17-15-22)42-21-25-11-7-6-10-24(25)20-35/h6-8,10-19,31H,4-5,9,21H2,1-3H3/b29-18+/t31-/m1/s1. The summed E-state index contributed by atoms with van der Waals surface area (Å²) in [7, 11) is 1.58. The molecule has 3 aromatic carbocycles. The number of methoxy groups -OCH3 is 1. The van der Waals surface area contributed by atoms with Crippen LogP contribution < -0.4 is 24.4 Å². The minimum Gasteiger partial charge on any atom is -0.497 e. The number of benzene rings is 3. The SMILES string of the molecule is CCCC1=C(C(=O)OCC)[C@@H](c2cccc(OC)c2)n2c(s/c(=C/c3ccc(OCc4ccccc4C#N)cc3)c2=O)=N1. The van der Waals surface area contributed by atoms with Crippen molar-refractivity contribution in [1.29, 1.82) is 5.26 Å². The minimum atomic E-state index is -0.707. The van der Waals surface area contributed by atoms with Gasteiger partial charge in [0.2, 0.25) is 0 Å². The summed E-state index contributed by atoms with van der Waals surface area (Å²) in [6.07, 6.45) is 3.16. The molecule has 0 saturated carbocycles. The van der Waals surface area contributed by atoms with Gasteiger partial charge in [0.25, 0.3) is 5.56 Å². The summed E-state index contributed by atoms with van der Waals surface area (Å²) in [4.78, 5) is 32.6. The molecule has 0 amide bonds. The van der Waals surface area contributed by atoms with Crippen LogP contribution in [0.15, 0.2) is 93.9 Å². The monoisotopic (exact) mass is 593 g/mol. The Bertz CT molecular complexity index is 1900. The molecular weight excluding hydrogens is 562 g/mol. The number of nitriles is 1. The number of hydrogen-bond donors (Lipinski definition) is 0. The smallest absolute Gasteiger partial charge is 0.338 e. The molecule has 0 N–H and O–H groups in total. The molecule has 1 atom stereocenters. The number of thiazole rings is 1. The van der Waals surface area contributed by atoms with E-state index < -0.39 is 12.0 Å². The molecule has 0 bridgehead atoms. The van der Waals surface area contributed by atoms with Gasteiger partial charge in [0.15, 0.2) is 4.80 Å². The normalized spacial score (nSPS) is 14.5. The number of nitrogens with zero attached hydrogens (tertiary/aromatic N) is 3. The Morgan fingerprint density at radius 1 is 1.07 bits per heavy atom. The van der Waals surface area contributed by atoms with E-state index in [1.165, 1.54) is 11.3 Å². The van der Waals surface area contributed by atoms with Gasteiger partial charge in [-0.3, -0.25) is 9.36 Å². The summed E-state index contributed by atoms with van der Waals surface area (Å²) in [5.74, 6) is 0.785. The zero-order valence-corrected chi connectivity index (χ0v) is 25.0. The van der Waals surface area contributed by atoms with Gasteiger partial charge in [-0.25, -0.2) is 9.79 Å². The summed E-state index contributed by atoms with van der Waals surface area (Å²) in [6, 6.07) is 23.6. The number of carbonyl (C=O) groups excluding carboxylic acids is 1. The second kappa shape index (κ2) is 13.4. The first-order valence-electron chi connectivity index (χ1n) is 14.0. The van der Waals surface area contributed by atoms with Crippen molar-refractivity contribution in [1.82, 2.24) is 4.57 Å². The summed E-state index contributed by atoms with van der Waals surface area (Å²) in [6.45, 7) is 4.27. The third kappa shape index (κ3) is 6.30. The highest BCUT2D eigenvalue weighted by atomic mass is 32.1. The lowest BCUT2D eigenvalue weighted by molar-refractivity contribution is -0.139. The van der Waals surface area contributed by atoms with Crippen LogP contribution in [0.4, 0.5) is 0 Å². The fourth-order valence-corrected chi connectivity index (χ4v) is 6.00. The zero-order chi connectivity index (χ0) is 30.3. The number of carbonyl (C=O) groups is 1. The van der Waals surface area contributed by atoms with Crippen LogP contribution in [0.2, 0.25) is 0 Å². The molecule has 8 nitrogen and oxygen atoms in total. The third-order valence-corrected chi connectivity index (χ3v) is 7.99. The maximum atomic E-state index is 14.0. The van der Waals surface area contributed by atoms with Gasteiger partial charge < -0.3 is 14.2 Å². The molecule has 4 aromatic rings. The lowest BCUT2D eigenvalue weighted by Crippen LogP contribution is -2.40. The van der Waals surface area contributed by atoms with Crippen LogP contribution in [0.3, 0.4) is 0 Å². The predicted octanol–water partition coefficient (Wildman–Crippen LogP) is 5.04. The van der Waals surface area contributed by atoms with Crippen molar-refractivity contribution in [2.75, 3.05) is 13.7 Å². The van der Waals surface area contributed by atoms with Crippen LogP contribution in [0, 0.1) is 11.3 Å². The van der Waals surface area contributed by atoms with Gasteiger partial charge in [-0.15, -0.1) is 0 Å². The van der Waals surface area contributed by atoms with E-state index in [2.05, 4.69) is 6.07 Å². The Labute approximate surface area is 253 Å². The van der Waals surface area contributed by atoms with Crippen molar-refractivity contribution in [3.05, 3.63) is 126 Å². The van der Waals surface area contributed by atoms with Crippen molar-refractivity contribution < 1.29 is 19.0 Å². The fourth-order valence-electron chi connectivity index (χ4n) is 4.98. The fraction of sp³-hybridized carbons (Fsp3) is 0.235. The van der Waals surface area contributed by atoms with Crippen LogP contribution in [0.5, 0.6) is 11.5 Å². The average Bonchev–Trinajstić information content (AvgIpc) is 3.34. The Hall–Kier alpha value is -4.94. The maximum absolute atomic E-state index is 14.0. The van der Waals surface area contributed by atoms with Gasteiger partial charge in [0.1, 0.15) is 18.1 Å². The average molecular weight is 594 g/mol. The minimum absolute atomic E-state index is 0.210. The van der Waals surface area contributed by atoms with Crippen LogP contribution in [-0.4, -0.2) is 24.3 Å². The molecule has 0 spiro atoms. The van der Waals surface area contributed by atoms with E-state index in [-0.39, 0.29) is 18.8 Å². The molecule has 0 aliphatic carbocycles. The molecule has 1 aliphatic heterocycles. The topological polar surface area (TPSA) is 103 Å². The second-order valence-electron chi connectivity index (χ2n) is 9.82. The summed E-state index contributed by atoms with van der Waals surface area (Å²) < 4.78 is 18.9. The molecule has 2 heterocycles. The lowest BCUT2D eigenvalue weighted by Gasteiger charge is -2.26. The van der Waals surface area contributed by atoms with E-state index in [1.54, 1.807) is 24.7 Å². The Morgan fingerprint density at radius 3 is 2.58 bits per heavy atom. The quantitative estimate of drug-likeness (QED) is 0.239. The van der Waals surface area contributed by atoms with Crippen molar-refractivity contribution >= 4 is 23.4 Å². The van der Waals surface area contributed by atoms with Crippen molar-refractivity contribution in [2.24, 2.45) is 4.99 Å². The third-order valence-electron chi connectivity index (χ3n) is 7.01. The number of fused-ring (bicyclic) bond motifs is 1. The van der Waals surface area contributed by atoms with Crippen LogP contribution in [0.1, 0.15) is 55.0 Å². The van der Waals surface area contributed by atoms with Gasteiger partial charge in [0.05, 0.1) is 47.2 Å². The first kappa shape index (κ1) is 29.5. The van der Waals surface area contributed by atoms with Gasteiger partial charge in [-0.1, -0.05) is 67.1 Å². The van der Waals surface area contributed by atoms with Gasteiger partial charge in [-0.2, -0.15) is 5.26 Å². The molecule has 0 unspecified atom stereocenters. The lowest BCUT2D eigenvalue weighted by atomic mass is 9.94. The predicted molar refractivity (Wildman–Crippen MR) is 165 cm³/mol. The number of ether oxygens (including phenoxy) is 3. The molecule has 0 saturated heterocycles. The van der Waals surface area contributed by atoms with Crippen molar-refractivity contribution in [3.63, 3.8) is 0 Å². The molecule has 0 radical (unpaired) electrons. The summed E-state index contributed by atoms with van der Waals surface area (Å²) >= 11 is 1.29. The van der Waals surface area contributed by atoms with Gasteiger partial charge in [-0.05, 0) is 60.9 Å². The molecule has 1 aliphatic rings. The molecule has 0 fully saturated rings. The second-order valence-corrected chi connectivity index (χ2v) is 10.8. The number of esters is 1. The number of rotatable bonds is 10. The molecule has 218 valence electrons. The largest absolute Gasteiger partial charge is 0.497 e. The van der Waals surface area contributed by atoms with Crippen LogP contribution >= 0.6 is 11.3 Å². The van der Waals surface area contributed by atoms with Gasteiger partial charge >= 0.3 is 5.97 Å². The van der Waals surface area contributed by atoms with E-state index in [9.17, 15) is 14.9 Å². The molecule has 9 heteroatoms. The van der Waals surface area contributed by atoms with Crippen molar-refractivity contribution in [3.8, 4) is 17.6 Å². The molecule has 43 heavy (non-hydrogen) atoms. The van der Waals surface area contributed by atoms with E-state index in [4.69, 9.17) is 19.2 Å². The molecule has 5 rings (SSSR count). The molecule has 1 aromatic heterocycles. The van der Waals surface area contributed by atoms with E-state index in [0.29, 0.717) is 44.1 Å². The van der Waals surface area contributed by atoms with Crippen molar-refractivity contribution in [2.45, 2.75) is 39.3 Å². The first-order valence-corrected chi connectivity index (χ1v) is 14.9. The molecular formula is C34H31N3O5S. The Balaban J connectivity index is 1.54. The van der Waals surface area contributed by atoms with E-state index in [0.717, 1.165) is 23.1 Å². The summed E-state index contributed by atoms with van der Waals surface area (Å²) in [5, 5.41) is 9.31. The highest BCUT2D eigenvalue weighted by Crippen LogP contribution is 2.34. The van der Waals surface area contributed by atoms with Crippen LogP contribution in [0.25, 0.3) is 6.08 Å². The van der Waals surface area contributed by atoms with Crippen LogP contribution in [-0.2, 0) is 16.1 Å². The van der Waals surface area contributed by atoms with E-state index in [1.807, 2.05) is 79.7 Å². The number of hydrogen-bond acceptors (Lipinski definition) is 8. The number of aromatic nitrogens is 1. The van der Waals surface area contributed by atoms with Gasteiger partial charge in [0, 0.05) is 5.56 Å². The zero-order valence-electron chi connectivity index (χ0n) is 24.2. The highest BCUT2D eigenvalue weighted by Gasteiger charge is 2.34. The first-order chi connectivity index (χ1) is 21.0. The van der Waals surface area contributed by atoms with E-state index >= 15 is 0 Å². The Kier molecular flexibility index (Phi) is 9.18. The maximum Gasteiger partial charge on any atom is 0.338 e. The Morgan fingerprint density at radius 2 is 1.86 bits per heavy atom. The summed E-state index contributed by atoms with van der Waals surface area (Å²) in [5.41, 5.74) is 3.68. The number of allylic oxidation sites excluding steroid dienone is 1. The highest BCUT2D eigenvalue weighted by molar-refractivity contribution is 7.07.